The van der Waals surface area contributed by atoms with Crippen molar-refractivity contribution in [1.82, 2.24) is 5.32 Å². The second-order valence-corrected chi connectivity index (χ2v) is 4.75. The molecule has 0 saturated heterocycles. The monoisotopic (exact) mass is 264 g/mol. The zero-order chi connectivity index (χ0) is 12.0. The summed E-state index contributed by atoms with van der Waals surface area (Å²) in [4.78, 5) is 11.2. The number of rotatable bonds is 5. The van der Waals surface area contributed by atoms with Gasteiger partial charge in [0.05, 0.1) is 18.8 Å². The minimum Gasteiger partial charge on any atom is -0.376 e. The Hall–Kier alpha value is -0.320. The van der Waals surface area contributed by atoms with E-state index in [1.54, 1.807) is 6.92 Å². The maximum Gasteiger partial charge on any atom is 0.236 e. The first kappa shape index (κ1) is 16.7. The molecule has 3 atom stereocenters. The largest absolute Gasteiger partial charge is 0.376 e. The van der Waals surface area contributed by atoms with Gasteiger partial charge in [-0.3, -0.25) is 4.79 Å². The second-order valence-electron chi connectivity index (χ2n) is 4.75. The van der Waals surface area contributed by atoms with Gasteiger partial charge in [0.15, 0.2) is 0 Å². The molecule has 1 rings (SSSR count). The number of hydrogen-bond donors (Lipinski definition) is 2. The number of hydrogen-bond acceptors (Lipinski definition) is 3. The maximum atomic E-state index is 11.2. The zero-order valence-corrected chi connectivity index (χ0v) is 11.6. The van der Waals surface area contributed by atoms with Crippen LogP contribution >= 0.6 is 12.4 Å². The van der Waals surface area contributed by atoms with Gasteiger partial charge in [0, 0.05) is 6.54 Å². The average Bonchev–Trinajstić information content (AvgIpc) is 2.26. The summed E-state index contributed by atoms with van der Waals surface area (Å²) in [5.74, 6) is 0.540. The SMILES string of the molecule is CC1CCCCC1OCCNC(=O)[C@H](C)N.Cl. The van der Waals surface area contributed by atoms with E-state index in [1.807, 2.05) is 0 Å². The highest BCUT2D eigenvalue weighted by atomic mass is 35.5. The summed E-state index contributed by atoms with van der Waals surface area (Å²) in [6, 6.07) is -0.436. The van der Waals surface area contributed by atoms with Gasteiger partial charge in [0.2, 0.25) is 5.91 Å². The van der Waals surface area contributed by atoms with Crippen LogP contribution in [-0.2, 0) is 9.53 Å². The maximum absolute atomic E-state index is 11.2. The van der Waals surface area contributed by atoms with Gasteiger partial charge in [-0.05, 0) is 25.7 Å². The lowest BCUT2D eigenvalue weighted by atomic mass is 9.88. The van der Waals surface area contributed by atoms with E-state index in [2.05, 4.69) is 12.2 Å². The number of nitrogens with one attached hydrogen (secondary N) is 1. The van der Waals surface area contributed by atoms with Crippen molar-refractivity contribution < 1.29 is 9.53 Å². The molecular formula is C12H25ClN2O2. The Balaban J connectivity index is 0.00000256. The molecule has 0 bridgehead atoms. The quantitative estimate of drug-likeness (QED) is 0.739. The van der Waals surface area contributed by atoms with E-state index >= 15 is 0 Å². The van der Waals surface area contributed by atoms with Crippen LogP contribution in [0, 0.1) is 5.92 Å². The number of nitrogens with two attached hydrogens (primary N) is 1. The van der Waals surface area contributed by atoms with Crippen molar-refractivity contribution in [3.8, 4) is 0 Å². The van der Waals surface area contributed by atoms with Crippen molar-refractivity contribution in [3.05, 3.63) is 0 Å². The van der Waals surface area contributed by atoms with Gasteiger partial charge >= 0.3 is 0 Å². The highest BCUT2D eigenvalue weighted by molar-refractivity contribution is 5.85. The third kappa shape index (κ3) is 6.24. The summed E-state index contributed by atoms with van der Waals surface area (Å²) in [5.41, 5.74) is 5.43. The highest BCUT2D eigenvalue weighted by Crippen LogP contribution is 2.25. The lowest BCUT2D eigenvalue weighted by molar-refractivity contribution is -0.122. The van der Waals surface area contributed by atoms with Crippen molar-refractivity contribution in [2.45, 2.75) is 51.7 Å². The molecule has 0 heterocycles. The number of carbonyl (C=O) groups excluding carboxylic acids is 1. The van der Waals surface area contributed by atoms with Crippen LogP contribution in [0.4, 0.5) is 0 Å². The van der Waals surface area contributed by atoms with Crippen LogP contribution in [-0.4, -0.2) is 31.2 Å². The number of carbonyl (C=O) groups is 1. The molecule has 0 radical (unpaired) electrons. The van der Waals surface area contributed by atoms with E-state index in [4.69, 9.17) is 10.5 Å². The third-order valence-electron chi connectivity index (χ3n) is 3.18. The molecule has 0 spiro atoms. The molecule has 5 heteroatoms. The lowest BCUT2D eigenvalue weighted by Gasteiger charge is -2.28. The Morgan fingerprint density at radius 1 is 1.47 bits per heavy atom. The first-order valence-corrected chi connectivity index (χ1v) is 6.26. The predicted molar refractivity (Wildman–Crippen MR) is 71.3 cm³/mol. The van der Waals surface area contributed by atoms with E-state index in [1.165, 1.54) is 19.3 Å². The molecule has 3 N–H and O–H groups in total. The van der Waals surface area contributed by atoms with Crippen molar-refractivity contribution in [1.29, 1.82) is 0 Å². The molecular weight excluding hydrogens is 240 g/mol. The molecule has 0 aromatic carbocycles. The van der Waals surface area contributed by atoms with Crippen molar-refractivity contribution in [2.24, 2.45) is 11.7 Å². The topological polar surface area (TPSA) is 64.3 Å². The standard InChI is InChI=1S/C12H24N2O2.ClH/c1-9-5-3-4-6-11(9)16-8-7-14-12(15)10(2)13;/h9-11H,3-8,13H2,1-2H3,(H,14,15);1H/t9?,10-,11?;/m0./s1. The van der Waals surface area contributed by atoms with Gasteiger partial charge in [-0.1, -0.05) is 19.8 Å². The highest BCUT2D eigenvalue weighted by Gasteiger charge is 2.21. The van der Waals surface area contributed by atoms with Crippen LogP contribution in [0.3, 0.4) is 0 Å². The minimum absolute atomic E-state index is 0. The molecule has 2 unspecified atom stereocenters. The fraction of sp³-hybridized carbons (Fsp3) is 0.917. The van der Waals surface area contributed by atoms with Gasteiger partial charge in [-0.25, -0.2) is 0 Å². The Labute approximate surface area is 110 Å². The van der Waals surface area contributed by atoms with Crippen LogP contribution in [0.25, 0.3) is 0 Å². The molecule has 0 aliphatic heterocycles. The molecule has 1 aliphatic carbocycles. The molecule has 1 aliphatic rings. The van der Waals surface area contributed by atoms with Crippen molar-refractivity contribution in [2.75, 3.05) is 13.2 Å². The van der Waals surface area contributed by atoms with E-state index in [-0.39, 0.29) is 18.3 Å². The first-order valence-electron chi connectivity index (χ1n) is 6.26. The zero-order valence-electron chi connectivity index (χ0n) is 10.8. The summed E-state index contributed by atoms with van der Waals surface area (Å²) in [5, 5.41) is 2.75. The van der Waals surface area contributed by atoms with Crippen LogP contribution in [0.5, 0.6) is 0 Å². The smallest absolute Gasteiger partial charge is 0.236 e. The van der Waals surface area contributed by atoms with Gasteiger partial charge in [-0.2, -0.15) is 0 Å². The molecule has 4 nitrogen and oxygen atoms in total. The summed E-state index contributed by atoms with van der Waals surface area (Å²) in [6.45, 7) is 5.07. The molecule has 1 fully saturated rings. The first-order chi connectivity index (χ1) is 7.61. The molecule has 1 saturated carbocycles. The molecule has 17 heavy (non-hydrogen) atoms. The molecule has 1 amide bonds. The number of amides is 1. The summed E-state index contributed by atoms with van der Waals surface area (Å²) < 4.78 is 5.77. The van der Waals surface area contributed by atoms with Crippen LogP contribution in [0.1, 0.15) is 39.5 Å². The van der Waals surface area contributed by atoms with Gasteiger partial charge < -0.3 is 15.8 Å². The van der Waals surface area contributed by atoms with Gasteiger partial charge in [0.25, 0.3) is 0 Å². The van der Waals surface area contributed by atoms with Crippen LogP contribution in [0.2, 0.25) is 0 Å². The minimum atomic E-state index is -0.436. The molecule has 102 valence electrons. The summed E-state index contributed by atoms with van der Waals surface area (Å²) >= 11 is 0. The molecule has 0 aromatic heterocycles. The van der Waals surface area contributed by atoms with E-state index in [9.17, 15) is 4.79 Å². The Kier molecular flexibility index (Phi) is 8.56. The van der Waals surface area contributed by atoms with Crippen LogP contribution < -0.4 is 11.1 Å². The predicted octanol–water partition coefficient (Wildman–Crippen LogP) is 1.47. The fourth-order valence-electron chi connectivity index (χ4n) is 2.08. The second kappa shape index (κ2) is 8.72. The summed E-state index contributed by atoms with van der Waals surface area (Å²) in [7, 11) is 0. The Morgan fingerprint density at radius 2 is 2.12 bits per heavy atom. The van der Waals surface area contributed by atoms with Crippen molar-refractivity contribution in [3.63, 3.8) is 0 Å². The van der Waals surface area contributed by atoms with E-state index in [0.29, 0.717) is 25.2 Å². The van der Waals surface area contributed by atoms with E-state index < -0.39 is 6.04 Å². The number of halogens is 1. The third-order valence-corrected chi connectivity index (χ3v) is 3.18. The Morgan fingerprint density at radius 3 is 2.71 bits per heavy atom. The Bertz CT molecular complexity index is 225. The van der Waals surface area contributed by atoms with E-state index in [0.717, 1.165) is 6.42 Å². The normalized spacial score (nSPS) is 25.8. The number of ether oxygens (including phenoxy) is 1. The van der Waals surface area contributed by atoms with Gasteiger partial charge in [0.1, 0.15) is 0 Å². The molecule has 0 aromatic rings. The lowest BCUT2D eigenvalue weighted by Crippen LogP contribution is -2.40. The fourth-order valence-corrected chi connectivity index (χ4v) is 2.08. The van der Waals surface area contributed by atoms with Crippen LogP contribution in [0.15, 0.2) is 0 Å². The van der Waals surface area contributed by atoms with Crippen molar-refractivity contribution >= 4 is 18.3 Å². The summed E-state index contributed by atoms with van der Waals surface area (Å²) in [6.07, 6.45) is 5.38. The average molecular weight is 265 g/mol. The van der Waals surface area contributed by atoms with Gasteiger partial charge in [-0.15, -0.1) is 12.4 Å².